The van der Waals surface area contributed by atoms with E-state index in [1.54, 1.807) is 4.90 Å². The van der Waals surface area contributed by atoms with Crippen molar-refractivity contribution in [2.75, 3.05) is 40.3 Å². The monoisotopic (exact) mass is 339 g/mol. The number of ether oxygens (including phenoxy) is 1. The van der Waals surface area contributed by atoms with E-state index >= 15 is 0 Å². The molecule has 0 N–H and O–H groups in total. The number of carbonyl (C=O) groups excluding carboxylic acids is 1. The molecule has 0 bridgehead atoms. The largest absolute Gasteiger partial charge is 0.372 e. The Morgan fingerprint density at radius 1 is 1.29 bits per heavy atom. The maximum absolute atomic E-state index is 14.4. The third-order valence-electron chi connectivity index (χ3n) is 4.83. The van der Waals surface area contributed by atoms with Crippen LogP contribution in [0.1, 0.15) is 30.9 Å². The molecule has 0 radical (unpaired) electrons. The van der Waals surface area contributed by atoms with Crippen LogP contribution >= 0.6 is 0 Å². The molecule has 2 aliphatic rings. The minimum atomic E-state index is -1.62. The molecular formula is C16H26FN5O2. The lowest BCUT2D eigenvalue weighted by Crippen LogP contribution is -2.51. The summed E-state index contributed by atoms with van der Waals surface area (Å²) in [7, 11) is 4.00. The van der Waals surface area contributed by atoms with Gasteiger partial charge in [0.25, 0.3) is 5.91 Å². The van der Waals surface area contributed by atoms with Crippen molar-refractivity contribution in [3.8, 4) is 0 Å². The molecule has 24 heavy (non-hydrogen) atoms. The molecule has 134 valence electrons. The van der Waals surface area contributed by atoms with Crippen molar-refractivity contribution >= 4 is 5.91 Å². The van der Waals surface area contributed by atoms with Crippen molar-refractivity contribution in [1.29, 1.82) is 0 Å². The lowest BCUT2D eigenvalue weighted by molar-refractivity contribution is -0.149. The molecule has 1 saturated carbocycles. The Hall–Kier alpha value is -1.54. The topological polar surface area (TPSA) is 63.5 Å². The molecule has 0 unspecified atom stereocenters. The normalized spacial score (nSPS) is 19.8. The zero-order chi connectivity index (χ0) is 17.2. The molecule has 0 spiro atoms. The van der Waals surface area contributed by atoms with E-state index in [9.17, 15) is 9.18 Å². The summed E-state index contributed by atoms with van der Waals surface area (Å²) in [5.74, 6) is 1.27. The minimum Gasteiger partial charge on any atom is -0.372 e. The molecule has 7 nitrogen and oxygen atoms in total. The lowest BCUT2D eigenvalue weighted by Gasteiger charge is -2.36. The maximum atomic E-state index is 14.4. The van der Waals surface area contributed by atoms with E-state index in [1.807, 2.05) is 18.7 Å². The van der Waals surface area contributed by atoms with E-state index in [4.69, 9.17) is 4.74 Å². The number of hydrogen-bond donors (Lipinski definition) is 0. The molecule has 1 fully saturated rings. The number of aromatic nitrogens is 3. The highest BCUT2D eigenvalue weighted by Crippen LogP contribution is 2.37. The van der Waals surface area contributed by atoms with Crippen LogP contribution in [0.25, 0.3) is 0 Å². The van der Waals surface area contributed by atoms with Gasteiger partial charge in [0.05, 0.1) is 6.61 Å². The molecule has 1 amide bonds. The van der Waals surface area contributed by atoms with E-state index in [-0.39, 0.29) is 5.91 Å². The van der Waals surface area contributed by atoms with Gasteiger partial charge < -0.3 is 19.1 Å². The number of alkyl halides is 1. The maximum Gasteiger partial charge on any atom is 0.260 e. The second-order valence-corrected chi connectivity index (χ2v) is 6.90. The van der Waals surface area contributed by atoms with Crippen LogP contribution in [-0.2, 0) is 29.1 Å². The van der Waals surface area contributed by atoms with Crippen molar-refractivity contribution in [2.24, 2.45) is 0 Å². The predicted octanol–water partition coefficient (Wildman–Crippen LogP) is 0.633. The quantitative estimate of drug-likeness (QED) is 0.712. The number of fused-ring (bicyclic) bond motifs is 1. The van der Waals surface area contributed by atoms with Crippen LogP contribution < -0.4 is 0 Å². The van der Waals surface area contributed by atoms with Gasteiger partial charge in [-0.05, 0) is 33.4 Å². The first-order chi connectivity index (χ1) is 11.5. The Bertz CT molecular complexity index is 585. The highest BCUT2D eigenvalue weighted by Gasteiger charge is 2.47. The fourth-order valence-electron chi connectivity index (χ4n) is 3.09. The van der Waals surface area contributed by atoms with Crippen molar-refractivity contribution < 1.29 is 13.9 Å². The van der Waals surface area contributed by atoms with Crippen LogP contribution in [0.2, 0.25) is 0 Å². The van der Waals surface area contributed by atoms with Gasteiger partial charge in [-0.2, -0.15) is 0 Å². The summed E-state index contributed by atoms with van der Waals surface area (Å²) < 4.78 is 22.0. The molecule has 8 heteroatoms. The van der Waals surface area contributed by atoms with Crippen molar-refractivity contribution in [2.45, 2.75) is 44.5 Å². The van der Waals surface area contributed by atoms with Crippen molar-refractivity contribution in [3.63, 3.8) is 0 Å². The van der Waals surface area contributed by atoms with Crippen LogP contribution in [0, 0.1) is 0 Å². The van der Waals surface area contributed by atoms with Crippen molar-refractivity contribution in [3.05, 3.63) is 11.6 Å². The van der Waals surface area contributed by atoms with E-state index in [1.165, 1.54) is 0 Å². The Labute approximate surface area is 141 Å². The molecule has 1 aliphatic carbocycles. The first-order valence-electron chi connectivity index (χ1n) is 8.61. The number of carbonyl (C=O) groups is 1. The van der Waals surface area contributed by atoms with Crippen LogP contribution in [0.4, 0.5) is 4.39 Å². The Morgan fingerprint density at radius 3 is 2.75 bits per heavy atom. The summed E-state index contributed by atoms with van der Waals surface area (Å²) in [5, 5.41) is 8.41. The minimum absolute atomic E-state index is 0.351. The highest BCUT2D eigenvalue weighted by atomic mass is 19.1. The van der Waals surface area contributed by atoms with Crippen LogP contribution in [0.5, 0.6) is 0 Å². The molecule has 0 aromatic carbocycles. The zero-order valence-corrected chi connectivity index (χ0v) is 14.5. The Morgan fingerprint density at radius 2 is 2.08 bits per heavy atom. The summed E-state index contributed by atoms with van der Waals surface area (Å²) in [4.78, 5) is 16.1. The van der Waals surface area contributed by atoms with Gasteiger partial charge in [-0.15, -0.1) is 10.2 Å². The number of halogens is 1. The van der Waals surface area contributed by atoms with Crippen LogP contribution in [0.3, 0.4) is 0 Å². The average molecular weight is 339 g/mol. The molecule has 1 aromatic rings. The first kappa shape index (κ1) is 17.3. The van der Waals surface area contributed by atoms with E-state index in [0.29, 0.717) is 52.1 Å². The average Bonchev–Trinajstić information content (AvgIpc) is 2.78. The van der Waals surface area contributed by atoms with Crippen LogP contribution in [0.15, 0.2) is 0 Å². The summed E-state index contributed by atoms with van der Waals surface area (Å²) in [5.41, 5.74) is -1.62. The number of rotatable bonds is 6. The lowest BCUT2D eigenvalue weighted by atomic mass is 9.81. The van der Waals surface area contributed by atoms with Gasteiger partial charge in [0.15, 0.2) is 11.5 Å². The van der Waals surface area contributed by atoms with Gasteiger partial charge in [-0.3, -0.25) is 4.79 Å². The highest BCUT2D eigenvalue weighted by molar-refractivity contribution is 5.86. The molecule has 2 heterocycles. The van der Waals surface area contributed by atoms with Crippen molar-refractivity contribution in [1.82, 2.24) is 24.6 Å². The number of likely N-dealkylation sites (N-methyl/N-ethyl adjacent to an activating group) is 1. The van der Waals surface area contributed by atoms with E-state index in [2.05, 4.69) is 15.1 Å². The molecule has 0 saturated heterocycles. The smallest absolute Gasteiger partial charge is 0.260 e. The van der Waals surface area contributed by atoms with Gasteiger partial charge in [0, 0.05) is 32.6 Å². The van der Waals surface area contributed by atoms with Gasteiger partial charge in [-0.25, -0.2) is 4.39 Å². The number of amides is 1. The summed E-state index contributed by atoms with van der Waals surface area (Å²) in [6.45, 7) is 3.48. The Balaban J connectivity index is 1.57. The molecular weight excluding hydrogens is 313 g/mol. The van der Waals surface area contributed by atoms with E-state index in [0.717, 1.165) is 24.6 Å². The first-order valence-corrected chi connectivity index (χ1v) is 8.61. The fraction of sp³-hybridized carbons (Fsp3) is 0.812. The third kappa shape index (κ3) is 3.59. The molecule has 1 aliphatic heterocycles. The third-order valence-corrected chi connectivity index (χ3v) is 4.83. The second kappa shape index (κ2) is 7.14. The van der Waals surface area contributed by atoms with Gasteiger partial charge in [-0.1, -0.05) is 0 Å². The predicted molar refractivity (Wildman–Crippen MR) is 86.2 cm³/mol. The van der Waals surface area contributed by atoms with Gasteiger partial charge in [0.2, 0.25) is 0 Å². The second-order valence-electron chi connectivity index (χ2n) is 6.90. The fourth-order valence-corrected chi connectivity index (χ4v) is 3.09. The molecule has 0 atom stereocenters. The molecule has 3 rings (SSSR count). The SMILES string of the molecule is CN(C)CCOCc1nnc2n1CCN(C(=O)C1(F)CCC1)CC2. The number of nitrogens with zero attached hydrogens (tertiary/aromatic N) is 5. The van der Waals surface area contributed by atoms with E-state index < -0.39 is 5.67 Å². The zero-order valence-electron chi connectivity index (χ0n) is 14.5. The molecule has 1 aromatic heterocycles. The summed E-state index contributed by atoms with van der Waals surface area (Å²) >= 11 is 0. The standard InChI is InChI=1S/C16H26FN5O2/c1-20(2)10-11-24-12-14-19-18-13-4-7-21(8-9-22(13)14)15(23)16(17)5-3-6-16/h3-12H2,1-2H3. The summed E-state index contributed by atoms with van der Waals surface area (Å²) in [6, 6.07) is 0. The van der Waals surface area contributed by atoms with Gasteiger partial charge >= 0.3 is 0 Å². The Kier molecular flexibility index (Phi) is 5.15. The number of hydrogen-bond acceptors (Lipinski definition) is 5. The van der Waals surface area contributed by atoms with Crippen LogP contribution in [-0.4, -0.2) is 76.5 Å². The summed E-state index contributed by atoms with van der Waals surface area (Å²) in [6.07, 6.45) is 2.13. The van der Waals surface area contributed by atoms with Gasteiger partial charge in [0.1, 0.15) is 12.4 Å².